The Morgan fingerprint density at radius 1 is 1.35 bits per heavy atom. The molecule has 0 amide bonds. The quantitative estimate of drug-likeness (QED) is 0.829. The van der Waals surface area contributed by atoms with E-state index in [1.54, 1.807) is 6.07 Å². The number of nitrogens with one attached hydrogen (secondary N) is 1. The lowest BCUT2D eigenvalue weighted by Gasteiger charge is -2.32. The van der Waals surface area contributed by atoms with Crippen LogP contribution in [-0.2, 0) is 6.42 Å². The van der Waals surface area contributed by atoms with Gasteiger partial charge >= 0.3 is 0 Å². The van der Waals surface area contributed by atoms with Crippen LogP contribution in [-0.4, -0.2) is 12.6 Å². The van der Waals surface area contributed by atoms with Crippen LogP contribution in [0.3, 0.4) is 0 Å². The summed E-state index contributed by atoms with van der Waals surface area (Å²) in [7, 11) is 0. The van der Waals surface area contributed by atoms with Crippen molar-refractivity contribution >= 4 is 15.9 Å². The predicted molar refractivity (Wildman–Crippen MR) is 84.2 cm³/mol. The maximum Gasteiger partial charge on any atom is 0.137 e. The van der Waals surface area contributed by atoms with E-state index in [1.807, 2.05) is 12.1 Å². The Morgan fingerprint density at radius 3 is 2.65 bits per heavy atom. The van der Waals surface area contributed by atoms with E-state index in [2.05, 4.69) is 35.1 Å². The average Bonchev–Trinajstić information content (AvgIpc) is 3.00. The highest BCUT2D eigenvalue weighted by Crippen LogP contribution is 2.60. The fourth-order valence-electron chi connectivity index (χ4n) is 3.86. The van der Waals surface area contributed by atoms with Crippen LogP contribution in [0.25, 0.3) is 0 Å². The third kappa shape index (κ3) is 3.09. The smallest absolute Gasteiger partial charge is 0.137 e. The van der Waals surface area contributed by atoms with E-state index in [0.29, 0.717) is 15.9 Å². The molecule has 1 aromatic carbocycles. The number of hydrogen-bond acceptors (Lipinski definition) is 1. The van der Waals surface area contributed by atoms with Gasteiger partial charge in [-0.15, -0.1) is 0 Å². The van der Waals surface area contributed by atoms with Crippen molar-refractivity contribution in [1.82, 2.24) is 5.32 Å². The molecule has 2 saturated carbocycles. The summed E-state index contributed by atoms with van der Waals surface area (Å²) in [5, 5.41) is 3.63. The molecule has 0 spiro atoms. The van der Waals surface area contributed by atoms with Gasteiger partial charge in [-0.25, -0.2) is 4.39 Å². The van der Waals surface area contributed by atoms with E-state index in [1.165, 1.54) is 24.8 Å². The molecule has 1 nitrogen and oxygen atoms in total. The number of rotatable bonds is 5. The molecule has 2 atom stereocenters. The summed E-state index contributed by atoms with van der Waals surface area (Å²) in [4.78, 5) is 0. The molecule has 0 aliphatic heterocycles. The summed E-state index contributed by atoms with van der Waals surface area (Å²) in [5.41, 5.74) is 1.64. The molecule has 1 N–H and O–H groups in total. The highest BCUT2D eigenvalue weighted by Gasteiger charge is 2.53. The standard InChI is InChI=1S/C17H23BrFN/c1-11(2)20-10-17(8-13-6-14(13)9-17)7-12-3-4-16(19)15(18)5-12/h3-5,11,13-14,20H,6-10H2,1-2H3. The van der Waals surface area contributed by atoms with Gasteiger partial charge in [-0.1, -0.05) is 19.9 Å². The van der Waals surface area contributed by atoms with Crippen molar-refractivity contribution in [3.05, 3.63) is 34.1 Å². The molecule has 20 heavy (non-hydrogen) atoms. The van der Waals surface area contributed by atoms with Crippen molar-refractivity contribution in [2.75, 3.05) is 6.54 Å². The lowest BCUT2D eigenvalue weighted by molar-refractivity contribution is 0.241. The Balaban J connectivity index is 1.74. The predicted octanol–water partition coefficient (Wildman–Crippen LogP) is 4.55. The van der Waals surface area contributed by atoms with Crippen LogP contribution in [0.1, 0.15) is 38.7 Å². The van der Waals surface area contributed by atoms with Gasteiger partial charge in [0.2, 0.25) is 0 Å². The minimum absolute atomic E-state index is 0.169. The third-order valence-corrected chi connectivity index (χ3v) is 5.52. The van der Waals surface area contributed by atoms with Crippen LogP contribution in [0.15, 0.2) is 22.7 Å². The van der Waals surface area contributed by atoms with Gasteiger partial charge in [0.25, 0.3) is 0 Å². The maximum absolute atomic E-state index is 13.4. The van der Waals surface area contributed by atoms with Gasteiger partial charge in [-0.3, -0.25) is 0 Å². The first-order chi connectivity index (χ1) is 9.47. The molecular formula is C17H23BrFN. The van der Waals surface area contributed by atoms with Gasteiger partial charge in [0.1, 0.15) is 5.82 Å². The van der Waals surface area contributed by atoms with Crippen LogP contribution >= 0.6 is 15.9 Å². The summed E-state index contributed by atoms with van der Waals surface area (Å²) in [6.07, 6.45) is 5.19. The van der Waals surface area contributed by atoms with Crippen molar-refractivity contribution in [2.45, 2.75) is 45.6 Å². The summed E-state index contributed by atoms with van der Waals surface area (Å²) in [6, 6.07) is 6.01. The second kappa shape index (κ2) is 5.42. The first-order valence-electron chi connectivity index (χ1n) is 7.65. The Hall–Kier alpha value is -0.410. The number of fused-ring (bicyclic) bond motifs is 1. The number of halogens is 2. The zero-order chi connectivity index (χ0) is 14.3. The number of benzene rings is 1. The number of hydrogen-bond donors (Lipinski definition) is 1. The van der Waals surface area contributed by atoms with Crippen molar-refractivity contribution in [1.29, 1.82) is 0 Å². The molecule has 1 aromatic rings. The molecule has 3 heteroatoms. The van der Waals surface area contributed by atoms with Crippen molar-refractivity contribution in [3.8, 4) is 0 Å². The first-order valence-corrected chi connectivity index (χ1v) is 8.44. The average molecular weight is 340 g/mol. The van der Waals surface area contributed by atoms with Crippen LogP contribution in [0, 0.1) is 23.1 Å². The second-order valence-corrected chi connectivity index (χ2v) is 7.98. The van der Waals surface area contributed by atoms with Gasteiger partial charge in [-0.05, 0) is 76.6 Å². The molecule has 0 heterocycles. The van der Waals surface area contributed by atoms with Crippen LogP contribution in [0.5, 0.6) is 0 Å². The van der Waals surface area contributed by atoms with Crippen LogP contribution in [0.4, 0.5) is 4.39 Å². The van der Waals surface area contributed by atoms with Crippen LogP contribution in [0.2, 0.25) is 0 Å². The lowest BCUT2D eigenvalue weighted by atomic mass is 9.77. The molecule has 2 unspecified atom stereocenters. The van der Waals surface area contributed by atoms with Gasteiger partial charge in [0, 0.05) is 12.6 Å². The van der Waals surface area contributed by atoms with Crippen LogP contribution < -0.4 is 5.32 Å². The Labute approximate surface area is 129 Å². The normalized spacial score (nSPS) is 31.6. The molecule has 0 radical (unpaired) electrons. The minimum atomic E-state index is -0.169. The Kier molecular flexibility index (Phi) is 3.93. The molecule has 0 bridgehead atoms. The summed E-state index contributed by atoms with van der Waals surface area (Å²) in [5.74, 6) is 1.76. The van der Waals surface area contributed by atoms with Gasteiger partial charge in [-0.2, -0.15) is 0 Å². The molecule has 2 aliphatic carbocycles. The van der Waals surface area contributed by atoms with E-state index >= 15 is 0 Å². The van der Waals surface area contributed by atoms with E-state index in [4.69, 9.17) is 0 Å². The highest BCUT2D eigenvalue weighted by atomic mass is 79.9. The molecule has 0 aromatic heterocycles. The summed E-state index contributed by atoms with van der Waals surface area (Å²) in [6.45, 7) is 5.50. The highest BCUT2D eigenvalue weighted by molar-refractivity contribution is 9.10. The molecule has 110 valence electrons. The third-order valence-electron chi connectivity index (χ3n) is 4.91. The van der Waals surface area contributed by atoms with E-state index in [-0.39, 0.29) is 5.82 Å². The minimum Gasteiger partial charge on any atom is -0.314 e. The van der Waals surface area contributed by atoms with Crippen molar-refractivity contribution in [3.63, 3.8) is 0 Å². The zero-order valence-electron chi connectivity index (χ0n) is 12.3. The van der Waals surface area contributed by atoms with Crippen molar-refractivity contribution < 1.29 is 4.39 Å². The maximum atomic E-state index is 13.4. The Bertz CT molecular complexity index is 490. The molecule has 3 rings (SSSR count). The SMILES string of the molecule is CC(C)NCC1(Cc2ccc(F)c(Br)c2)CC2CC2C1. The largest absolute Gasteiger partial charge is 0.314 e. The lowest BCUT2D eigenvalue weighted by Crippen LogP contribution is -2.38. The van der Waals surface area contributed by atoms with Gasteiger partial charge < -0.3 is 5.32 Å². The molecule has 2 fully saturated rings. The van der Waals surface area contributed by atoms with E-state index < -0.39 is 0 Å². The fraction of sp³-hybridized carbons (Fsp3) is 0.647. The van der Waals surface area contributed by atoms with Gasteiger partial charge in [0.15, 0.2) is 0 Å². The Morgan fingerprint density at radius 2 is 2.05 bits per heavy atom. The molecule has 2 aliphatic rings. The first kappa shape index (κ1) is 14.5. The second-order valence-electron chi connectivity index (χ2n) is 7.12. The van der Waals surface area contributed by atoms with E-state index in [9.17, 15) is 4.39 Å². The summed E-state index contributed by atoms with van der Waals surface area (Å²) < 4.78 is 14.0. The fourth-order valence-corrected chi connectivity index (χ4v) is 4.29. The zero-order valence-corrected chi connectivity index (χ0v) is 13.8. The molecule has 0 saturated heterocycles. The van der Waals surface area contributed by atoms with Gasteiger partial charge in [0.05, 0.1) is 4.47 Å². The molecular weight excluding hydrogens is 317 g/mol. The van der Waals surface area contributed by atoms with Crippen molar-refractivity contribution in [2.24, 2.45) is 17.3 Å². The van der Waals surface area contributed by atoms with E-state index in [0.717, 1.165) is 24.8 Å². The topological polar surface area (TPSA) is 12.0 Å². The monoisotopic (exact) mass is 339 g/mol. The summed E-state index contributed by atoms with van der Waals surface area (Å²) >= 11 is 3.31.